The maximum Gasteiger partial charge on any atom is 0.225 e. The van der Waals surface area contributed by atoms with Gasteiger partial charge in [-0.1, -0.05) is 46.9 Å². The Morgan fingerprint density at radius 3 is 2.33 bits per heavy atom. The predicted molar refractivity (Wildman–Crippen MR) is 139 cm³/mol. The number of hydrogen-bond donors (Lipinski definition) is 2. The van der Waals surface area contributed by atoms with Crippen LogP contribution >= 0.6 is 34.8 Å². The fourth-order valence-electron chi connectivity index (χ4n) is 4.17. The van der Waals surface area contributed by atoms with Gasteiger partial charge in [-0.25, -0.2) is 4.98 Å². The highest BCUT2D eigenvalue weighted by Gasteiger charge is 2.22. The van der Waals surface area contributed by atoms with E-state index in [0.717, 1.165) is 48.9 Å². The van der Waals surface area contributed by atoms with Crippen LogP contribution in [0.15, 0.2) is 36.4 Å². The summed E-state index contributed by atoms with van der Waals surface area (Å²) in [5, 5.41) is 9.53. The molecule has 1 heterocycles. The summed E-state index contributed by atoms with van der Waals surface area (Å²) in [6.45, 7) is 1.20. The minimum absolute atomic E-state index is 0.363. The molecular weight excluding hydrogens is 481 g/mol. The molecule has 1 aromatic heterocycles. The Kier molecular flexibility index (Phi) is 8.02. The molecule has 1 aliphatic rings. The van der Waals surface area contributed by atoms with E-state index in [1.54, 1.807) is 12.1 Å². The third-order valence-electron chi connectivity index (χ3n) is 5.81. The Morgan fingerprint density at radius 2 is 1.64 bits per heavy atom. The number of halogens is 3. The number of aromatic nitrogens is 2. The Morgan fingerprint density at radius 1 is 0.970 bits per heavy atom. The van der Waals surface area contributed by atoms with Crippen molar-refractivity contribution >= 4 is 57.5 Å². The lowest BCUT2D eigenvalue weighted by atomic mass is 9.91. The molecule has 176 valence electrons. The molecule has 0 unspecified atom stereocenters. The van der Waals surface area contributed by atoms with Gasteiger partial charge in [0.1, 0.15) is 12.4 Å². The summed E-state index contributed by atoms with van der Waals surface area (Å²) in [6.07, 6.45) is 4.27. The average Bonchev–Trinajstić information content (AvgIpc) is 2.78. The second kappa shape index (κ2) is 11.0. The number of nitrogens with one attached hydrogen (secondary N) is 2. The van der Waals surface area contributed by atoms with Gasteiger partial charge in [0.2, 0.25) is 5.95 Å². The van der Waals surface area contributed by atoms with Gasteiger partial charge >= 0.3 is 0 Å². The van der Waals surface area contributed by atoms with Gasteiger partial charge in [-0.05, 0) is 49.9 Å². The van der Waals surface area contributed by atoms with Gasteiger partial charge in [-0.2, -0.15) is 4.98 Å². The molecule has 0 amide bonds. The minimum Gasteiger partial charge on any atom is -0.489 e. The maximum absolute atomic E-state index is 6.17. The monoisotopic (exact) mass is 507 g/mol. The first kappa shape index (κ1) is 24.1. The van der Waals surface area contributed by atoms with Crippen molar-refractivity contribution in [2.75, 3.05) is 37.5 Å². The van der Waals surface area contributed by atoms with Crippen molar-refractivity contribution in [2.24, 2.45) is 0 Å². The molecular formula is C24H28Cl3N5O. The second-order valence-electron chi connectivity index (χ2n) is 8.48. The van der Waals surface area contributed by atoms with Crippen LogP contribution in [-0.2, 0) is 0 Å². The van der Waals surface area contributed by atoms with E-state index in [1.165, 1.54) is 0 Å². The molecule has 4 rings (SSSR count). The summed E-state index contributed by atoms with van der Waals surface area (Å²) in [5.74, 6) is 2.10. The predicted octanol–water partition coefficient (Wildman–Crippen LogP) is 6.05. The third kappa shape index (κ3) is 6.12. The van der Waals surface area contributed by atoms with Crippen LogP contribution in [0.5, 0.6) is 5.75 Å². The highest BCUT2D eigenvalue weighted by atomic mass is 35.5. The van der Waals surface area contributed by atoms with Crippen molar-refractivity contribution in [3.63, 3.8) is 0 Å². The highest BCUT2D eigenvalue weighted by Crippen LogP contribution is 2.35. The van der Waals surface area contributed by atoms with E-state index in [0.29, 0.717) is 45.5 Å². The summed E-state index contributed by atoms with van der Waals surface area (Å²) in [4.78, 5) is 11.5. The minimum atomic E-state index is 0.363. The lowest BCUT2D eigenvalue weighted by molar-refractivity contribution is 0.285. The molecule has 9 heteroatoms. The quantitative estimate of drug-likeness (QED) is 0.361. The fraction of sp³-hybridized carbons (Fsp3) is 0.417. The number of nitrogens with zero attached hydrogens (tertiary/aromatic N) is 3. The summed E-state index contributed by atoms with van der Waals surface area (Å²) in [6, 6.07) is 12.2. The Hall–Kier alpha value is -1.99. The number of benzene rings is 2. The number of ether oxygens (including phenoxy) is 1. The lowest BCUT2D eigenvalue weighted by Gasteiger charge is -2.30. The van der Waals surface area contributed by atoms with E-state index in [1.807, 2.05) is 37.2 Å². The van der Waals surface area contributed by atoms with Crippen LogP contribution in [0.3, 0.4) is 0 Å². The summed E-state index contributed by atoms with van der Waals surface area (Å²) in [7, 11) is 4.02. The third-order valence-corrected chi connectivity index (χ3v) is 6.59. The van der Waals surface area contributed by atoms with Crippen molar-refractivity contribution in [2.45, 2.75) is 37.8 Å². The number of anilines is 2. The molecule has 0 saturated heterocycles. The molecule has 0 aliphatic heterocycles. The Labute approximate surface area is 209 Å². The average molecular weight is 509 g/mol. The number of rotatable bonds is 8. The Balaban J connectivity index is 1.25. The number of hydrogen-bond acceptors (Lipinski definition) is 6. The molecule has 0 atom stereocenters. The Bertz CT molecular complexity index is 1080. The summed E-state index contributed by atoms with van der Waals surface area (Å²) >= 11 is 18.3. The van der Waals surface area contributed by atoms with Crippen LogP contribution in [0.25, 0.3) is 10.9 Å². The van der Waals surface area contributed by atoms with Gasteiger partial charge in [0.25, 0.3) is 0 Å². The molecule has 0 bridgehead atoms. The zero-order valence-electron chi connectivity index (χ0n) is 18.7. The van der Waals surface area contributed by atoms with Crippen molar-refractivity contribution in [1.29, 1.82) is 0 Å². The van der Waals surface area contributed by atoms with Gasteiger partial charge in [0.05, 0.1) is 15.6 Å². The molecule has 6 nitrogen and oxygen atoms in total. The van der Waals surface area contributed by atoms with E-state index in [9.17, 15) is 0 Å². The highest BCUT2D eigenvalue weighted by molar-refractivity contribution is 6.40. The topological polar surface area (TPSA) is 62.3 Å². The zero-order valence-corrected chi connectivity index (χ0v) is 21.0. The molecule has 1 fully saturated rings. The number of fused-ring (bicyclic) bond motifs is 1. The molecule has 0 spiro atoms. The van der Waals surface area contributed by atoms with Gasteiger partial charge in [0.15, 0.2) is 5.75 Å². The van der Waals surface area contributed by atoms with Crippen LogP contribution in [0.2, 0.25) is 15.1 Å². The molecule has 3 aromatic rings. The molecule has 2 N–H and O–H groups in total. The molecule has 33 heavy (non-hydrogen) atoms. The SMILES string of the molecule is CN(C)c1nc(NC2CCC(NCCOc3c(Cl)cc(Cl)cc3Cl)CC2)nc2ccccc12. The zero-order chi connectivity index (χ0) is 23.4. The molecule has 2 aromatic carbocycles. The van der Waals surface area contributed by atoms with E-state index in [-0.39, 0.29) is 0 Å². The standard InChI is InChI=1S/C24H28Cl3N5O/c1-32(2)23-18-5-3-4-6-21(18)30-24(31-23)29-17-9-7-16(8-10-17)28-11-12-33-22-19(26)13-15(25)14-20(22)27/h3-6,13-14,16-17,28H,7-12H2,1-2H3,(H,29,30,31). The largest absolute Gasteiger partial charge is 0.489 e. The van der Waals surface area contributed by atoms with E-state index >= 15 is 0 Å². The first-order valence-corrected chi connectivity index (χ1v) is 12.3. The van der Waals surface area contributed by atoms with Crippen LogP contribution in [0, 0.1) is 0 Å². The normalized spacial score (nSPS) is 18.3. The van der Waals surface area contributed by atoms with Gasteiger partial charge in [0, 0.05) is 43.1 Å². The van der Waals surface area contributed by atoms with Crippen molar-refractivity contribution in [3.05, 3.63) is 51.5 Å². The van der Waals surface area contributed by atoms with Crippen molar-refractivity contribution in [1.82, 2.24) is 15.3 Å². The summed E-state index contributed by atoms with van der Waals surface area (Å²) < 4.78 is 5.76. The second-order valence-corrected chi connectivity index (χ2v) is 9.73. The molecule has 1 saturated carbocycles. The van der Waals surface area contributed by atoms with Gasteiger partial charge in [-0.3, -0.25) is 0 Å². The molecule has 1 aliphatic carbocycles. The van der Waals surface area contributed by atoms with E-state index < -0.39 is 0 Å². The van der Waals surface area contributed by atoms with E-state index in [4.69, 9.17) is 49.5 Å². The van der Waals surface area contributed by atoms with Crippen LogP contribution in [0.1, 0.15) is 25.7 Å². The first-order valence-electron chi connectivity index (χ1n) is 11.1. The van der Waals surface area contributed by atoms with Crippen molar-refractivity contribution < 1.29 is 4.74 Å². The van der Waals surface area contributed by atoms with Gasteiger partial charge < -0.3 is 20.3 Å². The van der Waals surface area contributed by atoms with Crippen LogP contribution < -0.4 is 20.3 Å². The fourth-order valence-corrected chi connectivity index (χ4v) is 5.10. The maximum atomic E-state index is 6.17. The number of para-hydroxylation sites is 1. The smallest absolute Gasteiger partial charge is 0.225 e. The van der Waals surface area contributed by atoms with Crippen molar-refractivity contribution in [3.8, 4) is 5.75 Å². The lowest BCUT2D eigenvalue weighted by Crippen LogP contribution is -2.38. The molecule has 0 radical (unpaired) electrons. The van der Waals surface area contributed by atoms with Crippen LogP contribution in [-0.4, -0.2) is 49.3 Å². The first-order chi connectivity index (χ1) is 15.9. The summed E-state index contributed by atoms with van der Waals surface area (Å²) in [5.41, 5.74) is 0.954. The van der Waals surface area contributed by atoms with E-state index in [2.05, 4.69) is 16.7 Å². The van der Waals surface area contributed by atoms with Crippen LogP contribution in [0.4, 0.5) is 11.8 Å². The van der Waals surface area contributed by atoms with Gasteiger partial charge in [-0.15, -0.1) is 0 Å².